The number of hydrogen-bond acceptors (Lipinski definition) is 11. The summed E-state index contributed by atoms with van der Waals surface area (Å²) < 4.78 is 47.1. The van der Waals surface area contributed by atoms with E-state index in [2.05, 4.69) is 31.9 Å². The maximum absolute atomic E-state index is 13.8. The fraction of sp³-hybridized carbons (Fsp3) is 0.429. The Hall–Kier alpha value is -6.11. The molecule has 18 heteroatoms. The molecule has 60 heavy (non-hydrogen) atoms. The minimum atomic E-state index is -4.84. The molecule has 1 aromatic heterocycles. The molecule has 3 N–H and O–H groups in total. The van der Waals surface area contributed by atoms with Crippen LogP contribution < -0.4 is 30.5 Å². The Labute approximate surface area is 351 Å². The lowest BCUT2D eigenvalue weighted by atomic mass is 9.94. The fourth-order valence-corrected chi connectivity index (χ4v) is 7.66. The number of aryl methyl sites for hydroxylation is 1. The highest BCUT2D eigenvalue weighted by atomic mass is 32.1. The SMILES string of the molecule is CCc1cc(N(C=S)C(C)(C)C(=O)N(C)c2cnc(C#N)c(C(F)(F)F)c2)ccc1OCCC1CCN(CC(=O)Nc2cc(C#N)cc(NC3CCC(=O)NC3=O)c2)CC1. The van der Waals surface area contributed by atoms with Crippen LogP contribution in [0.1, 0.15) is 75.3 Å². The number of carbonyl (C=O) groups is 4. The number of anilines is 4. The molecular formula is C42H46F3N9O5S. The van der Waals surface area contributed by atoms with Crippen LogP contribution in [0.25, 0.3) is 0 Å². The predicted octanol–water partition coefficient (Wildman–Crippen LogP) is 5.95. The van der Waals surface area contributed by atoms with Gasteiger partial charge in [0.05, 0.1) is 47.7 Å². The first-order valence-electron chi connectivity index (χ1n) is 19.4. The Morgan fingerprint density at radius 2 is 1.77 bits per heavy atom. The third kappa shape index (κ3) is 10.9. The van der Waals surface area contributed by atoms with Crippen LogP contribution in [0, 0.1) is 28.6 Å². The van der Waals surface area contributed by atoms with Gasteiger partial charge in [0.25, 0.3) is 5.91 Å². The molecule has 3 heterocycles. The van der Waals surface area contributed by atoms with Gasteiger partial charge in [0.2, 0.25) is 17.7 Å². The summed E-state index contributed by atoms with van der Waals surface area (Å²) in [7, 11) is 1.34. The second kappa shape index (κ2) is 19.3. The maximum atomic E-state index is 13.8. The van der Waals surface area contributed by atoms with Gasteiger partial charge in [-0.05, 0) is 113 Å². The Bertz CT molecular complexity index is 2210. The van der Waals surface area contributed by atoms with Crippen molar-refractivity contribution in [2.75, 3.05) is 53.7 Å². The Balaban J connectivity index is 1.12. The molecular weight excluding hydrogens is 800 g/mol. The summed E-state index contributed by atoms with van der Waals surface area (Å²) in [6.45, 7) is 7.26. The number of nitrogens with zero attached hydrogens (tertiary/aromatic N) is 6. The van der Waals surface area contributed by atoms with E-state index in [1.165, 1.54) is 18.6 Å². The highest BCUT2D eigenvalue weighted by Crippen LogP contribution is 2.35. The van der Waals surface area contributed by atoms with E-state index in [9.17, 15) is 37.6 Å². The number of hydrogen-bond donors (Lipinski definition) is 3. The molecule has 0 radical (unpaired) electrons. The van der Waals surface area contributed by atoms with Crippen molar-refractivity contribution < 1.29 is 37.1 Å². The van der Waals surface area contributed by atoms with Crippen LogP contribution in [0.4, 0.5) is 35.9 Å². The average molecular weight is 846 g/mol. The largest absolute Gasteiger partial charge is 0.493 e. The molecule has 1 unspecified atom stereocenters. The molecule has 4 amide bonds. The molecule has 0 saturated carbocycles. The number of rotatable bonds is 15. The first-order chi connectivity index (χ1) is 28.5. The van der Waals surface area contributed by atoms with Gasteiger partial charge in [-0.25, -0.2) is 4.98 Å². The van der Waals surface area contributed by atoms with Crippen LogP contribution in [0.5, 0.6) is 5.75 Å². The normalized spacial score (nSPS) is 16.2. The first-order valence-corrected chi connectivity index (χ1v) is 19.9. The van der Waals surface area contributed by atoms with Crippen molar-refractivity contribution in [1.29, 1.82) is 10.5 Å². The smallest absolute Gasteiger partial charge is 0.419 e. The van der Waals surface area contributed by atoms with Crippen LogP contribution in [-0.2, 0) is 31.8 Å². The second-order valence-corrected chi connectivity index (χ2v) is 15.4. The summed E-state index contributed by atoms with van der Waals surface area (Å²) in [5.41, 5.74) is 0.502. The van der Waals surface area contributed by atoms with E-state index in [4.69, 9.17) is 22.2 Å². The van der Waals surface area contributed by atoms with Gasteiger partial charge in [0, 0.05) is 30.5 Å². The van der Waals surface area contributed by atoms with Crippen LogP contribution >= 0.6 is 12.2 Å². The third-order valence-electron chi connectivity index (χ3n) is 10.7. The van der Waals surface area contributed by atoms with E-state index in [0.717, 1.165) is 55.1 Å². The van der Waals surface area contributed by atoms with Gasteiger partial charge < -0.3 is 25.2 Å². The summed E-state index contributed by atoms with van der Waals surface area (Å²) in [6.07, 6.45) is -0.105. The van der Waals surface area contributed by atoms with Crippen LogP contribution in [0.2, 0.25) is 0 Å². The first kappa shape index (κ1) is 45.0. The number of nitrogens with one attached hydrogen (secondary N) is 3. The molecule has 2 aliphatic rings. The maximum Gasteiger partial charge on any atom is 0.419 e. The number of amides is 4. The Morgan fingerprint density at radius 1 is 1.05 bits per heavy atom. The summed E-state index contributed by atoms with van der Waals surface area (Å²) >= 11 is 5.33. The number of halogens is 3. The van der Waals surface area contributed by atoms with Gasteiger partial charge >= 0.3 is 6.18 Å². The van der Waals surface area contributed by atoms with E-state index < -0.39 is 40.8 Å². The number of thiocarbonyl (C=S) groups is 1. The molecule has 316 valence electrons. The number of likely N-dealkylation sites (N-methyl/N-ethyl adjacent to an activating group) is 1. The standard InChI is InChI=1S/C42H46F3N9O5S/c1-5-28-18-31(54(25-60)41(2,3)40(58)52(4)32-20-33(42(43,44)45)35(22-47)48-23-32)6-8-36(28)59-15-12-26-10-13-53(14-11-26)24-38(56)50-30-17-27(21-46)16-29(19-30)49-34-7-9-37(55)51-39(34)57/h6,8,16-20,23,25-26,34,49H,5,7,9-15,24H2,1-4H3,(H,50,56)(H,51,55,57). The zero-order chi connectivity index (χ0) is 43.8. The fourth-order valence-electron chi connectivity index (χ4n) is 7.27. The molecule has 2 aliphatic heterocycles. The molecule has 5 rings (SSSR count). The molecule has 0 aliphatic carbocycles. The molecule has 0 spiro atoms. The molecule has 2 saturated heterocycles. The summed E-state index contributed by atoms with van der Waals surface area (Å²) in [6, 6.07) is 13.9. The number of likely N-dealkylation sites (tertiary alicyclic amines) is 1. The van der Waals surface area contributed by atoms with E-state index in [-0.39, 0.29) is 30.5 Å². The van der Waals surface area contributed by atoms with Crippen LogP contribution in [0.3, 0.4) is 0 Å². The minimum Gasteiger partial charge on any atom is -0.493 e. The molecule has 1 atom stereocenters. The van der Waals surface area contributed by atoms with E-state index >= 15 is 0 Å². The lowest BCUT2D eigenvalue weighted by Crippen LogP contribution is -2.55. The number of benzene rings is 2. The van der Waals surface area contributed by atoms with Crippen molar-refractivity contribution >= 4 is 64.1 Å². The number of nitriles is 2. The van der Waals surface area contributed by atoms with Crippen molar-refractivity contribution in [1.82, 2.24) is 15.2 Å². The Kier molecular flexibility index (Phi) is 14.5. The van der Waals surface area contributed by atoms with Gasteiger partial charge in [-0.2, -0.15) is 23.7 Å². The average Bonchev–Trinajstić information content (AvgIpc) is 3.21. The van der Waals surface area contributed by atoms with Gasteiger partial charge in [0.15, 0.2) is 5.69 Å². The van der Waals surface area contributed by atoms with Crippen molar-refractivity contribution in [2.24, 2.45) is 5.92 Å². The zero-order valence-corrected chi connectivity index (χ0v) is 34.5. The zero-order valence-electron chi connectivity index (χ0n) is 33.7. The summed E-state index contributed by atoms with van der Waals surface area (Å²) in [5.74, 6) is -0.498. The van der Waals surface area contributed by atoms with Crippen LogP contribution in [-0.4, -0.2) is 83.9 Å². The van der Waals surface area contributed by atoms with Gasteiger partial charge in [0.1, 0.15) is 23.4 Å². The molecule has 0 bridgehead atoms. The molecule has 2 aromatic carbocycles. The number of imide groups is 1. The summed E-state index contributed by atoms with van der Waals surface area (Å²) in [4.78, 5) is 58.8. The summed E-state index contributed by atoms with van der Waals surface area (Å²) in [5, 5.41) is 26.9. The van der Waals surface area contributed by atoms with Crippen molar-refractivity contribution in [3.05, 3.63) is 71.0 Å². The topological polar surface area (TPSA) is 184 Å². The van der Waals surface area contributed by atoms with Crippen molar-refractivity contribution in [3.63, 3.8) is 0 Å². The highest BCUT2D eigenvalue weighted by molar-refractivity contribution is 7.79. The van der Waals surface area contributed by atoms with E-state index in [1.54, 1.807) is 43.0 Å². The monoisotopic (exact) mass is 845 g/mol. The number of carbonyl (C=O) groups excluding carboxylic acids is 4. The third-order valence-corrected chi connectivity index (χ3v) is 10.9. The van der Waals surface area contributed by atoms with Crippen LogP contribution in [0.15, 0.2) is 48.7 Å². The second-order valence-electron chi connectivity index (χ2n) is 15.2. The van der Waals surface area contributed by atoms with Crippen molar-refractivity contribution in [3.8, 4) is 17.9 Å². The Morgan fingerprint density at radius 3 is 2.40 bits per heavy atom. The highest BCUT2D eigenvalue weighted by Gasteiger charge is 2.39. The lowest BCUT2D eigenvalue weighted by molar-refractivity contribution is -0.138. The van der Waals surface area contributed by atoms with Gasteiger partial charge in [-0.15, -0.1) is 0 Å². The van der Waals surface area contributed by atoms with E-state index in [0.29, 0.717) is 53.7 Å². The molecule has 14 nitrogen and oxygen atoms in total. The number of ether oxygens (including phenoxy) is 1. The number of pyridine rings is 1. The quantitative estimate of drug-likeness (QED) is 0.121. The molecule has 3 aromatic rings. The number of alkyl halides is 3. The van der Waals surface area contributed by atoms with Gasteiger partial charge in [-0.3, -0.25) is 29.4 Å². The lowest BCUT2D eigenvalue weighted by Gasteiger charge is -2.38. The minimum absolute atomic E-state index is 0.130. The van der Waals surface area contributed by atoms with Crippen molar-refractivity contribution in [2.45, 2.75) is 77.1 Å². The predicted molar refractivity (Wildman–Crippen MR) is 222 cm³/mol. The van der Waals surface area contributed by atoms with Gasteiger partial charge in [-0.1, -0.05) is 19.1 Å². The number of aromatic nitrogens is 1. The number of piperidine rings is 2. The molecule has 2 fully saturated rings. The van der Waals surface area contributed by atoms with E-state index in [1.807, 2.05) is 19.1 Å².